The quantitative estimate of drug-likeness (QED) is 0.811. The van der Waals surface area contributed by atoms with Gasteiger partial charge in [0, 0.05) is 24.1 Å². The Balaban J connectivity index is 1.61. The number of anilines is 3. The summed E-state index contributed by atoms with van der Waals surface area (Å²) in [6.45, 7) is 3.77. The first-order valence-electron chi connectivity index (χ1n) is 7.51. The number of amides is 1. The Labute approximate surface area is 130 Å². The molecule has 2 heterocycles. The van der Waals surface area contributed by atoms with Gasteiger partial charge in [0.05, 0.1) is 17.8 Å². The molecule has 1 saturated heterocycles. The van der Waals surface area contributed by atoms with Crippen LogP contribution >= 0.6 is 0 Å². The Bertz CT molecular complexity index is 627. The third kappa shape index (κ3) is 3.43. The molecule has 5 nitrogen and oxygen atoms in total. The summed E-state index contributed by atoms with van der Waals surface area (Å²) in [5.41, 5.74) is 2.72. The van der Waals surface area contributed by atoms with Crippen LogP contribution in [-0.4, -0.2) is 24.0 Å². The molecule has 3 rings (SSSR count). The van der Waals surface area contributed by atoms with Gasteiger partial charge in [-0.25, -0.2) is 0 Å². The van der Waals surface area contributed by atoms with Crippen molar-refractivity contribution >= 4 is 23.0 Å². The van der Waals surface area contributed by atoms with Gasteiger partial charge in [0.25, 0.3) is 0 Å². The van der Waals surface area contributed by atoms with Gasteiger partial charge in [-0.3, -0.25) is 9.78 Å². The number of hydrogen-bond acceptors (Lipinski definition) is 4. The summed E-state index contributed by atoms with van der Waals surface area (Å²) in [6.07, 6.45) is 3.51. The average Bonchev–Trinajstić information content (AvgIpc) is 2.96. The number of carbonyl (C=O) groups is 1. The maximum Gasteiger partial charge on any atom is 0.229 e. The first kappa shape index (κ1) is 14.5. The predicted octanol–water partition coefficient (Wildman–Crippen LogP) is 2.62. The zero-order chi connectivity index (χ0) is 15.4. The Morgan fingerprint density at radius 2 is 1.91 bits per heavy atom. The fourth-order valence-corrected chi connectivity index (χ4v) is 2.64. The van der Waals surface area contributed by atoms with E-state index in [0.717, 1.165) is 30.2 Å². The number of benzene rings is 1. The van der Waals surface area contributed by atoms with E-state index in [1.165, 1.54) is 0 Å². The molecule has 114 valence electrons. The van der Waals surface area contributed by atoms with Crippen LogP contribution in [0.15, 0.2) is 48.8 Å². The largest absolute Gasteiger partial charge is 0.354 e. The maximum absolute atomic E-state index is 12.2. The van der Waals surface area contributed by atoms with Gasteiger partial charge in [-0.15, -0.1) is 0 Å². The normalized spacial score (nSPS) is 20.6. The summed E-state index contributed by atoms with van der Waals surface area (Å²) in [4.78, 5) is 16.3. The van der Waals surface area contributed by atoms with Crippen molar-refractivity contribution in [2.75, 3.05) is 23.7 Å². The summed E-state index contributed by atoms with van der Waals surface area (Å²) in [5, 5.41) is 9.50. The van der Waals surface area contributed by atoms with Crippen LogP contribution in [0.4, 0.5) is 17.1 Å². The molecule has 1 fully saturated rings. The molecule has 0 spiro atoms. The SMILES string of the molecule is C[C@H]1CNC[C@@H]1C(=O)Nc1ccc(Nc2cccnc2)cc1. The lowest BCUT2D eigenvalue weighted by Gasteiger charge is -2.14. The number of aromatic nitrogens is 1. The molecular weight excluding hydrogens is 276 g/mol. The van der Waals surface area contributed by atoms with Crippen molar-refractivity contribution in [1.82, 2.24) is 10.3 Å². The first-order valence-corrected chi connectivity index (χ1v) is 7.51. The number of nitrogens with one attached hydrogen (secondary N) is 3. The lowest BCUT2D eigenvalue weighted by molar-refractivity contribution is -0.120. The van der Waals surface area contributed by atoms with Gasteiger partial charge >= 0.3 is 0 Å². The van der Waals surface area contributed by atoms with Crippen LogP contribution in [0.3, 0.4) is 0 Å². The smallest absolute Gasteiger partial charge is 0.229 e. The summed E-state index contributed by atoms with van der Waals surface area (Å²) in [7, 11) is 0. The van der Waals surface area contributed by atoms with Crippen LogP contribution in [0.1, 0.15) is 6.92 Å². The highest BCUT2D eigenvalue weighted by molar-refractivity contribution is 5.93. The molecule has 5 heteroatoms. The van der Waals surface area contributed by atoms with E-state index in [1.54, 1.807) is 12.4 Å². The van der Waals surface area contributed by atoms with Gasteiger partial charge in [-0.05, 0) is 48.9 Å². The zero-order valence-electron chi connectivity index (χ0n) is 12.5. The molecule has 2 atom stereocenters. The van der Waals surface area contributed by atoms with Gasteiger partial charge < -0.3 is 16.0 Å². The fraction of sp³-hybridized carbons (Fsp3) is 0.294. The van der Waals surface area contributed by atoms with E-state index in [0.29, 0.717) is 5.92 Å². The Morgan fingerprint density at radius 1 is 1.14 bits per heavy atom. The van der Waals surface area contributed by atoms with Crippen LogP contribution in [0.5, 0.6) is 0 Å². The number of hydrogen-bond donors (Lipinski definition) is 3. The fourth-order valence-electron chi connectivity index (χ4n) is 2.64. The summed E-state index contributed by atoms with van der Waals surface area (Å²) < 4.78 is 0. The van der Waals surface area contributed by atoms with Crippen molar-refractivity contribution in [1.29, 1.82) is 0 Å². The summed E-state index contributed by atoms with van der Waals surface area (Å²) in [6, 6.07) is 11.5. The van der Waals surface area contributed by atoms with Crippen molar-refractivity contribution in [3.63, 3.8) is 0 Å². The van der Waals surface area contributed by atoms with E-state index in [-0.39, 0.29) is 11.8 Å². The Hall–Kier alpha value is -2.40. The van der Waals surface area contributed by atoms with Gasteiger partial charge in [0.1, 0.15) is 0 Å². The minimum atomic E-state index is 0.0493. The van der Waals surface area contributed by atoms with E-state index >= 15 is 0 Å². The zero-order valence-corrected chi connectivity index (χ0v) is 12.5. The highest BCUT2D eigenvalue weighted by Crippen LogP contribution is 2.21. The van der Waals surface area contributed by atoms with Crippen molar-refractivity contribution in [3.05, 3.63) is 48.8 Å². The third-order valence-corrected chi connectivity index (χ3v) is 3.96. The molecule has 0 aliphatic carbocycles. The molecule has 0 bridgehead atoms. The predicted molar refractivity (Wildman–Crippen MR) is 88.1 cm³/mol. The molecule has 0 unspecified atom stereocenters. The monoisotopic (exact) mass is 296 g/mol. The van der Waals surface area contributed by atoms with Gasteiger partial charge in [-0.2, -0.15) is 0 Å². The second-order valence-corrected chi connectivity index (χ2v) is 5.68. The standard InChI is InChI=1S/C17H20N4O/c1-12-9-19-11-16(12)17(22)21-14-6-4-13(5-7-14)20-15-3-2-8-18-10-15/h2-8,10,12,16,19-20H,9,11H2,1H3,(H,21,22)/t12-,16-/m0/s1. The topological polar surface area (TPSA) is 66.1 Å². The van der Waals surface area contributed by atoms with Crippen molar-refractivity contribution in [2.45, 2.75) is 6.92 Å². The number of carbonyl (C=O) groups excluding carboxylic acids is 1. The highest BCUT2D eigenvalue weighted by Gasteiger charge is 2.29. The second-order valence-electron chi connectivity index (χ2n) is 5.68. The molecule has 2 aromatic rings. The van der Waals surface area contributed by atoms with Crippen LogP contribution in [0, 0.1) is 11.8 Å². The molecule has 1 aliphatic rings. The van der Waals surface area contributed by atoms with Gasteiger partial charge in [0.2, 0.25) is 5.91 Å². The maximum atomic E-state index is 12.2. The van der Waals surface area contributed by atoms with E-state index in [1.807, 2.05) is 36.4 Å². The highest BCUT2D eigenvalue weighted by atomic mass is 16.1. The van der Waals surface area contributed by atoms with Crippen LogP contribution in [0.2, 0.25) is 0 Å². The van der Waals surface area contributed by atoms with Crippen molar-refractivity contribution in [2.24, 2.45) is 11.8 Å². The lowest BCUT2D eigenvalue weighted by atomic mass is 9.97. The average molecular weight is 296 g/mol. The molecule has 1 aliphatic heterocycles. The number of nitrogens with zero attached hydrogens (tertiary/aromatic N) is 1. The minimum absolute atomic E-state index is 0.0493. The van der Waals surface area contributed by atoms with E-state index in [4.69, 9.17) is 0 Å². The molecule has 1 aromatic heterocycles. The van der Waals surface area contributed by atoms with E-state index in [9.17, 15) is 4.79 Å². The lowest BCUT2D eigenvalue weighted by Crippen LogP contribution is -2.27. The third-order valence-electron chi connectivity index (χ3n) is 3.96. The van der Waals surface area contributed by atoms with Gasteiger partial charge in [0.15, 0.2) is 0 Å². The van der Waals surface area contributed by atoms with E-state index < -0.39 is 0 Å². The van der Waals surface area contributed by atoms with E-state index in [2.05, 4.69) is 27.9 Å². The van der Waals surface area contributed by atoms with Crippen LogP contribution in [-0.2, 0) is 4.79 Å². The molecule has 3 N–H and O–H groups in total. The molecule has 0 radical (unpaired) electrons. The van der Waals surface area contributed by atoms with Gasteiger partial charge in [-0.1, -0.05) is 6.92 Å². The molecule has 0 saturated carbocycles. The molecular formula is C17H20N4O. The number of pyridine rings is 1. The first-order chi connectivity index (χ1) is 10.7. The Kier molecular flexibility index (Phi) is 4.34. The number of rotatable bonds is 4. The summed E-state index contributed by atoms with van der Waals surface area (Å²) in [5.74, 6) is 0.519. The van der Waals surface area contributed by atoms with Crippen LogP contribution < -0.4 is 16.0 Å². The molecule has 22 heavy (non-hydrogen) atoms. The van der Waals surface area contributed by atoms with Crippen LogP contribution in [0.25, 0.3) is 0 Å². The molecule has 1 amide bonds. The van der Waals surface area contributed by atoms with Crippen molar-refractivity contribution < 1.29 is 4.79 Å². The summed E-state index contributed by atoms with van der Waals surface area (Å²) >= 11 is 0. The second kappa shape index (κ2) is 6.58. The molecule has 1 aromatic carbocycles. The van der Waals surface area contributed by atoms with Crippen molar-refractivity contribution in [3.8, 4) is 0 Å². The Morgan fingerprint density at radius 3 is 2.55 bits per heavy atom. The minimum Gasteiger partial charge on any atom is -0.354 e.